The first-order valence-corrected chi connectivity index (χ1v) is 8.09. The van der Waals surface area contributed by atoms with Crippen LogP contribution in [-0.4, -0.2) is 18.3 Å². The van der Waals surface area contributed by atoms with Crippen LogP contribution in [0, 0.1) is 11.3 Å². The highest BCUT2D eigenvalue weighted by Crippen LogP contribution is 2.25. The smallest absolute Gasteiger partial charge is 0.252 e. The minimum Gasteiger partial charge on any atom is -0.496 e. The molecule has 2 aromatic carbocycles. The largest absolute Gasteiger partial charge is 0.496 e. The summed E-state index contributed by atoms with van der Waals surface area (Å²) in [5.41, 5.74) is 4.41. The molecule has 0 spiro atoms. The fourth-order valence-corrected chi connectivity index (χ4v) is 2.52. The van der Waals surface area contributed by atoms with Crippen molar-refractivity contribution in [3.8, 4) is 23.3 Å². The van der Waals surface area contributed by atoms with Crippen molar-refractivity contribution in [2.24, 2.45) is 5.10 Å². The highest BCUT2D eigenvalue weighted by molar-refractivity contribution is 9.10. The summed E-state index contributed by atoms with van der Waals surface area (Å²) >= 11 is 3.41. The second-order valence-corrected chi connectivity index (χ2v) is 5.85. The molecule has 0 atom stereocenters. The molecule has 0 saturated carbocycles. The van der Waals surface area contributed by atoms with Gasteiger partial charge >= 0.3 is 0 Å². The van der Waals surface area contributed by atoms with Crippen LogP contribution in [0.15, 0.2) is 62.5 Å². The third-order valence-corrected chi connectivity index (χ3v) is 3.81. The van der Waals surface area contributed by atoms with Crippen molar-refractivity contribution in [1.82, 2.24) is 4.98 Å². The van der Waals surface area contributed by atoms with E-state index in [9.17, 15) is 5.26 Å². The van der Waals surface area contributed by atoms with E-state index in [4.69, 9.17) is 9.15 Å². The summed E-state index contributed by atoms with van der Waals surface area (Å²) in [5.74, 6) is 1.22. The van der Waals surface area contributed by atoms with Crippen molar-refractivity contribution in [3.05, 3.63) is 64.3 Å². The summed E-state index contributed by atoms with van der Waals surface area (Å²) in [5, 5.41) is 13.3. The van der Waals surface area contributed by atoms with E-state index in [0.29, 0.717) is 11.6 Å². The predicted octanol–water partition coefficient (Wildman–Crippen LogP) is 4.43. The van der Waals surface area contributed by atoms with Crippen LogP contribution in [-0.2, 0) is 0 Å². The summed E-state index contributed by atoms with van der Waals surface area (Å²) < 4.78 is 11.8. The van der Waals surface area contributed by atoms with Gasteiger partial charge in [0.1, 0.15) is 11.8 Å². The van der Waals surface area contributed by atoms with Crippen LogP contribution in [0.3, 0.4) is 0 Å². The molecular formula is C18H13BrN4O2. The molecule has 0 fully saturated rings. The molecule has 0 saturated heterocycles. The molecule has 0 amide bonds. The summed E-state index contributed by atoms with van der Waals surface area (Å²) in [6, 6.07) is 16.9. The molecule has 0 aliphatic rings. The fraction of sp³-hybridized carbons (Fsp3) is 0.0556. The molecule has 0 aliphatic heterocycles. The van der Waals surface area contributed by atoms with Gasteiger partial charge in [-0.3, -0.25) is 0 Å². The Balaban J connectivity index is 1.83. The molecule has 0 radical (unpaired) electrons. The number of anilines is 1. The number of methoxy groups -OCH3 is 1. The Hall–Kier alpha value is -3.11. The van der Waals surface area contributed by atoms with E-state index in [2.05, 4.69) is 31.4 Å². The van der Waals surface area contributed by atoms with Gasteiger partial charge in [0.2, 0.25) is 11.6 Å². The molecule has 1 N–H and O–H groups in total. The quantitative estimate of drug-likeness (QED) is 0.509. The van der Waals surface area contributed by atoms with Crippen LogP contribution < -0.4 is 10.2 Å². The fourth-order valence-electron chi connectivity index (χ4n) is 2.14. The van der Waals surface area contributed by atoms with E-state index >= 15 is 0 Å². The number of oxazole rings is 1. The third kappa shape index (κ3) is 3.87. The molecular weight excluding hydrogens is 384 g/mol. The standard InChI is InChI=1S/C18H13BrN4O2/c1-24-16-8-7-14(19)9-13(16)11-21-23-18-15(10-20)22-17(25-18)12-5-3-2-4-6-12/h2-9,11,23H,1H3. The number of benzene rings is 2. The van der Waals surface area contributed by atoms with Gasteiger partial charge in [-0.2, -0.15) is 15.3 Å². The average Bonchev–Trinajstić information content (AvgIpc) is 3.06. The van der Waals surface area contributed by atoms with Gasteiger partial charge in [-0.15, -0.1) is 0 Å². The molecule has 1 heterocycles. The number of nitrogens with one attached hydrogen (secondary N) is 1. The van der Waals surface area contributed by atoms with E-state index < -0.39 is 0 Å². The zero-order valence-corrected chi connectivity index (χ0v) is 14.8. The summed E-state index contributed by atoms with van der Waals surface area (Å²) in [7, 11) is 1.59. The van der Waals surface area contributed by atoms with Gasteiger partial charge in [0, 0.05) is 15.6 Å². The number of nitriles is 1. The van der Waals surface area contributed by atoms with E-state index in [1.54, 1.807) is 13.3 Å². The number of ether oxygens (including phenoxy) is 1. The van der Waals surface area contributed by atoms with Crippen LogP contribution in [0.5, 0.6) is 5.75 Å². The number of nitrogens with zero attached hydrogens (tertiary/aromatic N) is 3. The Morgan fingerprint density at radius 3 is 2.80 bits per heavy atom. The molecule has 124 valence electrons. The Bertz CT molecular complexity index is 945. The Morgan fingerprint density at radius 1 is 1.28 bits per heavy atom. The van der Waals surface area contributed by atoms with Crippen LogP contribution in [0.1, 0.15) is 11.3 Å². The zero-order valence-electron chi connectivity index (χ0n) is 13.2. The zero-order chi connectivity index (χ0) is 17.6. The monoisotopic (exact) mass is 396 g/mol. The Labute approximate surface area is 152 Å². The third-order valence-electron chi connectivity index (χ3n) is 3.32. The van der Waals surface area contributed by atoms with Crippen molar-refractivity contribution in [2.75, 3.05) is 12.5 Å². The molecule has 25 heavy (non-hydrogen) atoms. The molecule has 0 aliphatic carbocycles. The maximum absolute atomic E-state index is 9.22. The SMILES string of the molecule is COc1ccc(Br)cc1C=NNc1oc(-c2ccccc2)nc1C#N. The van der Waals surface area contributed by atoms with Gasteiger partial charge in [0.05, 0.1) is 13.3 Å². The Morgan fingerprint density at radius 2 is 2.08 bits per heavy atom. The number of hydrazone groups is 1. The van der Waals surface area contributed by atoms with Crippen LogP contribution >= 0.6 is 15.9 Å². The number of hydrogen-bond acceptors (Lipinski definition) is 6. The maximum Gasteiger partial charge on any atom is 0.252 e. The minimum absolute atomic E-state index is 0.136. The maximum atomic E-state index is 9.22. The molecule has 3 aromatic rings. The molecule has 0 bridgehead atoms. The summed E-state index contributed by atoms with van der Waals surface area (Å²) in [6.45, 7) is 0. The molecule has 6 nitrogen and oxygen atoms in total. The van der Waals surface area contributed by atoms with E-state index in [1.165, 1.54) is 0 Å². The van der Waals surface area contributed by atoms with Crippen molar-refractivity contribution in [1.29, 1.82) is 5.26 Å². The van der Waals surface area contributed by atoms with Crippen LogP contribution in [0.4, 0.5) is 5.88 Å². The second-order valence-electron chi connectivity index (χ2n) is 4.93. The topological polar surface area (TPSA) is 83.4 Å². The van der Waals surface area contributed by atoms with Gasteiger partial charge in [-0.1, -0.05) is 34.1 Å². The molecule has 0 unspecified atom stereocenters. The first-order chi connectivity index (χ1) is 12.2. The Kier molecular flexibility index (Phi) is 5.11. The molecule has 3 rings (SSSR count). The van der Waals surface area contributed by atoms with E-state index in [-0.39, 0.29) is 11.6 Å². The normalized spacial score (nSPS) is 10.6. The lowest BCUT2D eigenvalue weighted by molar-refractivity contribution is 0.414. The highest BCUT2D eigenvalue weighted by Gasteiger charge is 2.13. The van der Waals surface area contributed by atoms with Crippen molar-refractivity contribution in [2.45, 2.75) is 0 Å². The van der Waals surface area contributed by atoms with Crippen molar-refractivity contribution < 1.29 is 9.15 Å². The first-order valence-electron chi connectivity index (χ1n) is 7.30. The first kappa shape index (κ1) is 16.7. The van der Waals surface area contributed by atoms with Gasteiger partial charge in [-0.25, -0.2) is 5.43 Å². The van der Waals surface area contributed by atoms with Gasteiger partial charge in [-0.05, 0) is 30.3 Å². The number of hydrogen-bond donors (Lipinski definition) is 1. The van der Waals surface area contributed by atoms with Crippen LogP contribution in [0.25, 0.3) is 11.5 Å². The predicted molar refractivity (Wildman–Crippen MR) is 98.6 cm³/mol. The second kappa shape index (κ2) is 7.64. The van der Waals surface area contributed by atoms with Crippen molar-refractivity contribution in [3.63, 3.8) is 0 Å². The van der Waals surface area contributed by atoms with E-state index in [1.807, 2.05) is 54.6 Å². The lowest BCUT2D eigenvalue weighted by Gasteiger charge is -2.04. The summed E-state index contributed by atoms with van der Waals surface area (Å²) in [4.78, 5) is 4.18. The van der Waals surface area contributed by atoms with Crippen LogP contribution in [0.2, 0.25) is 0 Å². The lowest BCUT2D eigenvalue weighted by atomic mass is 10.2. The van der Waals surface area contributed by atoms with Crippen molar-refractivity contribution >= 4 is 28.0 Å². The average molecular weight is 397 g/mol. The molecule has 7 heteroatoms. The van der Waals surface area contributed by atoms with Gasteiger partial charge in [0.25, 0.3) is 5.88 Å². The molecule has 1 aromatic heterocycles. The minimum atomic E-state index is 0.136. The number of halogens is 1. The highest BCUT2D eigenvalue weighted by atomic mass is 79.9. The number of aromatic nitrogens is 1. The number of rotatable bonds is 5. The van der Waals surface area contributed by atoms with Gasteiger partial charge < -0.3 is 9.15 Å². The van der Waals surface area contributed by atoms with Gasteiger partial charge in [0.15, 0.2) is 0 Å². The van der Waals surface area contributed by atoms with E-state index in [0.717, 1.165) is 15.6 Å². The summed E-state index contributed by atoms with van der Waals surface area (Å²) in [6.07, 6.45) is 1.58. The lowest BCUT2D eigenvalue weighted by Crippen LogP contribution is -1.94.